The van der Waals surface area contributed by atoms with Gasteiger partial charge in [-0.2, -0.15) is 0 Å². The van der Waals surface area contributed by atoms with Gasteiger partial charge in [0, 0.05) is 38.3 Å². The first-order valence-corrected chi connectivity index (χ1v) is 11.4. The van der Waals surface area contributed by atoms with Crippen LogP contribution in [0.15, 0.2) is 12.7 Å². The van der Waals surface area contributed by atoms with Crippen molar-refractivity contribution in [3.05, 3.63) is 12.7 Å². The number of allylic oxidation sites excluding steroid dienone is 1. The van der Waals surface area contributed by atoms with Crippen molar-refractivity contribution < 1.29 is 27.6 Å². The third kappa shape index (κ3) is 5.39. The van der Waals surface area contributed by atoms with Crippen molar-refractivity contribution >= 4 is 20.7 Å². The Morgan fingerprint density at radius 1 is 1.12 bits per heavy atom. The molecule has 0 aromatic heterocycles. The average Bonchev–Trinajstić information content (AvgIpc) is 3.35. The van der Waals surface area contributed by atoms with Crippen molar-refractivity contribution in [2.75, 3.05) is 33.0 Å². The molecule has 7 nitrogen and oxygen atoms in total. The second-order valence-electron chi connectivity index (χ2n) is 6.08. The van der Waals surface area contributed by atoms with Crippen LogP contribution in [0.5, 0.6) is 0 Å². The Morgan fingerprint density at radius 2 is 1.69 bits per heavy atom. The minimum absolute atomic E-state index is 0.162. The van der Waals surface area contributed by atoms with E-state index < -0.39 is 20.2 Å². The molecule has 0 spiro atoms. The van der Waals surface area contributed by atoms with E-state index in [9.17, 15) is 9.59 Å². The number of carbonyl (C=O) groups is 2. The molecule has 2 unspecified atom stereocenters. The molecule has 0 aliphatic heterocycles. The van der Waals surface area contributed by atoms with Crippen molar-refractivity contribution in [3.8, 4) is 0 Å². The molecule has 0 saturated heterocycles. The summed E-state index contributed by atoms with van der Waals surface area (Å²) >= 11 is 0. The number of hydrogen-bond acceptors (Lipinski definition) is 6. The maximum atomic E-state index is 12.6. The lowest BCUT2D eigenvalue weighted by atomic mass is 10.0. The van der Waals surface area contributed by atoms with Crippen LogP contribution in [0.4, 0.5) is 0 Å². The Balaban J connectivity index is 2.58. The summed E-state index contributed by atoms with van der Waals surface area (Å²) in [5, 5.41) is 2.86. The van der Waals surface area contributed by atoms with Gasteiger partial charge in [0.15, 0.2) is 5.41 Å². The maximum Gasteiger partial charge on any atom is 0.500 e. The predicted octanol–water partition coefficient (Wildman–Crippen LogP) is 2.30. The number of esters is 1. The van der Waals surface area contributed by atoms with Gasteiger partial charge in [-0.05, 0) is 40.5 Å². The highest BCUT2D eigenvalue weighted by Crippen LogP contribution is 2.54. The van der Waals surface area contributed by atoms with Crippen LogP contribution in [0, 0.1) is 11.3 Å². The fraction of sp³-hybridized carbons (Fsp3) is 0.778. The molecule has 0 aromatic carbocycles. The lowest BCUT2D eigenvalue weighted by molar-refractivity contribution is -0.154. The zero-order valence-corrected chi connectivity index (χ0v) is 17.5. The largest absolute Gasteiger partial charge is 0.500 e. The molecule has 1 fully saturated rings. The van der Waals surface area contributed by atoms with Gasteiger partial charge in [0.2, 0.25) is 5.91 Å². The molecule has 1 rings (SSSR count). The first-order valence-electron chi connectivity index (χ1n) is 9.46. The number of rotatable bonds is 14. The van der Waals surface area contributed by atoms with E-state index in [4.69, 9.17) is 18.0 Å². The Morgan fingerprint density at radius 3 is 2.12 bits per heavy atom. The highest BCUT2D eigenvalue weighted by atomic mass is 28.4. The highest BCUT2D eigenvalue weighted by Gasteiger charge is 2.65. The third-order valence-electron chi connectivity index (χ3n) is 4.38. The van der Waals surface area contributed by atoms with Gasteiger partial charge < -0.3 is 23.3 Å². The van der Waals surface area contributed by atoms with Crippen molar-refractivity contribution in [2.45, 2.75) is 46.6 Å². The number of carbonyl (C=O) groups excluding carboxylic acids is 2. The average molecular weight is 388 g/mol. The Bertz CT molecular complexity index is 469. The van der Waals surface area contributed by atoms with Crippen LogP contribution in [0.2, 0.25) is 6.04 Å². The topological polar surface area (TPSA) is 83.1 Å². The van der Waals surface area contributed by atoms with Crippen LogP contribution in [0.1, 0.15) is 40.5 Å². The second-order valence-corrected chi connectivity index (χ2v) is 8.81. The van der Waals surface area contributed by atoms with Crippen LogP contribution in [-0.2, 0) is 27.6 Å². The monoisotopic (exact) mass is 387 g/mol. The molecule has 1 N–H and O–H groups in total. The molecule has 26 heavy (non-hydrogen) atoms. The first-order chi connectivity index (χ1) is 12.5. The first kappa shape index (κ1) is 22.8. The normalized spacial score (nSPS) is 21.9. The van der Waals surface area contributed by atoms with E-state index in [0.717, 1.165) is 0 Å². The third-order valence-corrected chi connectivity index (χ3v) is 7.53. The van der Waals surface area contributed by atoms with Crippen LogP contribution in [0.3, 0.4) is 0 Å². The van der Waals surface area contributed by atoms with Gasteiger partial charge in [-0.25, -0.2) is 0 Å². The van der Waals surface area contributed by atoms with Crippen molar-refractivity contribution in [3.63, 3.8) is 0 Å². The molecule has 1 aliphatic rings. The minimum Gasteiger partial charge on any atom is -0.465 e. The van der Waals surface area contributed by atoms with Gasteiger partial charge in [0.05, 0.1) is 6.61 Å². The molecular formula is C18H33NO6Si. The van der Waals surface area contributed by atoms with Gasteiger partial charge in [0.1, 0.15) is 0 Å². The minimum atomic E-state index is -2.71. The summed E-state index contributed by atoms with van der Waals surface area (Å²) in [6, 6.07) is 0.611. The second kappa shape index (κ2) is 10.8. The lowest BCUT2D eigenvalue weighted by Crippen LogP contribution is -2.47. The summed E-state index contributed by atoms with van der Waals surface area (Å²) in [6.45, 7) is 13.4. The molecule has 1 amide bonds. The highest BCUT2D eigenvalue weighted by molar-refractivity contribution is 6.60. The van der Waals surface area contributed by atoms with Gasteiger partial charge in [-0.1, -0.05) is 6.08 Å². The van der Waals surface area contributed by atoms with Crippen LogP contribution in [-0.4, -0.2) is 53.7 Å². The Kier molecular flexibility index (Phi) is 9.49. The zero-order chi connectivity index (χ0) is 19.6. The summed E-state index contributed by atoms with van der Waals surface area (Å²) in [4.78, 5) is 24.8. The zero-order valence-electron chi connectivity index (χ0n) is 16.5. The van der Waals surface area contributed by atoms with E-state index in [-0.39, 0.29) is 18.4 Å². The molecule has 1 aliphatic carbocycles. The van der Waals surface area contributed by atoms with E-state index in [1.54, 1.807) is 13.0 Å². The quantitative estimate of drug-likeness (QED) is 0.162. The van der Waals surface area contributed by atoms with E-state index in [1.807, 2.05) is 20.8 Å². The van der Waals surface area contributed by atoms with Crippen LogP contribution in [0.25, 0.3) is 0 Å². The molecule has 150 valence electrons. The number of ether oxygens (including phenoxy) is 1. The fourth-order valence-corrected chi connectivity index (χ4v) is 5.70. The standard InChI is InChI=1S/C18H33NO6Si/c1-6-15-14-18(15,17(21)22-7-2)16(20)19-12-11-13-26(23-8-3,24-9-4)25-10-5/h6,15H,1,7-14H2,2-5H3,(H,19,20). The smallest absolute Gasteiger partial charge is 0.465 e. The molecule has 0 bridgehead atoms. The summed E-state index contributed by atoms with van der Waals surface area (Å²) in [6.07, 6.45) is 2.75. The number of nitrogens with one attached hydrogen (secondary N) is 1. The lowest BCUT2D eigenvalue weighted by Gasteiger charge is -2.28. The molecule has 1 saturated carbocycles. The molecule has 0 aromatic rings. The van der Waals surface area contributed by atoms with E-state index in [0.29, 0.717) is 45.3 Å². The van der Waals surface area contributed by atoms with E-state index >= 15 is 0 Å². The molecule has 8 heteroatoms. The molecule has 0 radical (unpaired) electrons. The van der Waals surface area contributed by atoms with Crippen molar-refractivity contribution in [1.29, 1.82) is 0 Å². The fourth-order valence-electron chi connectivity index (χ4n) is 3.09. The van der Waals surface area contributed by atoms with Crippen LogP contribution >= 0.6 is 0 Å². The molecular weight excluding hydrogens is 354 g/mol. The summed E-state index contributed by atoms with van der Waals surface area (Å²) in [5.41, 5.74) is -1.11. The SMILES string of the molecule is C=CC1CC1(C(=O)NCCC[Si](OCC)(OCC)OCC)C(=O)OCC. The maximum absolute atomic E-state index is 12.6. The van der Waals surface area contributed by atoms with Gasteiger partial charge >= 0.3 is 14.8 Å². The van der Waals surface area contributed by atoms with Gasteiger partial charge in [0.25, 0.3) is 0 Å². The Labute approximate surface area is 157 Å². The van der Waals surface area contributed by atoms with Gasteiger partial charge in [-0.15, -0.1) is 6.58 Å². The van der Waals surface area contributed by atoms with E-state index in [2.05, 4.69) is 11.9 Å². The van der Waals surface area contributed by atoms with E-state index in [1.165, 1.54) is 0 Å². The Hall–Kier alpha value is -1.22. The summed E-state index contributed by atoms with van der Waals surface area (Å²) in [7, 11) is -2.71. The van der Waals surface area contributed by atoms with Crippen molar-refractivity contribution in [1.82, 2.24) is 5.32 Å². The number of amides is 1. The summed E-state index contributed by atoms with van der Waals surface area (Å²) in [5.74, 6) is -0.924. The number of hydrogen-bond donors (Lipinski definition) is 1. The van der Waals surface area contributed by atoms with Crippen LogP contribution < -0.4 is 5.32 Å². The van der Waals surface area contributed by atoms with Gasteiger partial charge in [-0.3, -0.25) is 9.59 Å². The molecule has 0 heterocycles. The summed E-state index contributed by atoms with van der Waals surface area (Å²) < 4.78 is 22.5. The molecule has 2 atom stereocenters. The van der Waals surface area contributed by atoms with Crippen molar-refractivity contribution in [2.24, 2.45) is 11.3 Å². The predicted molar refractivity (Wildman–Crippen MR) is 100 cm³/mol.